The van der Waals surface area contributed by atoms with E-state index in [4.69, 9.17) is 0 Å². The van der Waals surface area contributed by atoms with Crippen LogP contribution >= 0.6 is 0 Å². The van der Waals surface area contributed by atoms with Crippen LogP contribution in [0.1, 0.15) is 43.5 Å². The quantitative estimate of drug-likeness (QED) is 0.728. The molecule has 0 radical (unpaired) electrons. The molecule has 1 aliphatic heterocycles. The van der Waals surface area contributed by atoms with E-state index >= 15 is 0 Å². The van der Waals surface area contributed by atoms with Crippen LogP contribution in [0.4, 0.5) is 5.69 Å². The van der Waals surface area contributed by atoms with Gasteiger partial charge in [-0.3, -0.25) is 14.5 Å². The molecule has 0 fully saturated rings. The zero-order chi connectivity index (χ0) is 22.6. The second-order valence-electron chi connectivity index (χ2n) is 9.41. The molecular weight excluding hydrogens is 388 g/mol. The molecule has 6 nitrogen and oxygen atoms in total. The number of carbonyl (C=O) groups excluding carboxylic acids is 2. The Kier molecular flexibility index (Phi) is 7.01. The van der Waals surface area contributed by atoms with E-state index in [9.17, 15) is 9.59 Å². The van der Waals surface area contributed by atoms with E-state index in [-0.39, 0.29) is 6.04 Å². The number of nitrogens with zero attached hydrogens (tertiary/aromatic N) is 2. The van der Waals surface area contributed by atoms with Crippen LogP contribution in [0.25, 0.3) is 0 Å². The molecule has 2 aromatic rings. The van der Waals surface area contributed by atoms with Gasteiger partial charge in [0.15, 0.2) is 0 Å². The predicted octanol–water partition coefficient (Wildman–Crippen LogP) is 2.88. The van der Waals surface area contributed by atoms with Crippen LogP contribution in [-0.4, -0.2) is 49.4 Å². The summed E-state index contributed by atoms with van der Waals surface area (Å²) in [7, 11) is 4.03. The number of fused-ring (bicyclic) bond motifs is 1. The van der Waals surface area contributed by atoms with Crippen molar-refractivity contribution in [1.29, 1.82) is 0 Å². The lowest BCUT2D eigenvalue weighted by Gasteiger charge is -2.36. The predicted molar refractivity (Wildman–Crippen MR) is 125 cm³/mol. The summed E-state index contributed by atoms with van der Waals surface area (Å²) in [4.78, 5) is 29.1. The van der Waals surface area contributed by atoms with Crippen molar-refractivity contribution < 1.29 is 9.59 Å². The minimum Gasteiger partial charge on any atom is -0.378 e. The number of amides is 2. The highest BCUT2D eigenvalue weighted by atomic mass is 16.2. The van der Waals surface area contributed by atoms with Gasteiger partial charge in [-0.1, -0.05) is 36.4 Å². The molecule has 0 aromatic heterocycles. The van der Waals surface area contributed by atoms with Gasteiger partial charge in [0.1, 0.15) is 0 Å². The zero-order valence-corrected chi connectivity index (χ0v) is 19.2. The minimum absolute atomic E-state index is 0.0176. The highest BCUT2D eigenvalue weighted by Crippen LogP contribution is 2.28. The van der Waals surface area contributed by atoms with Gasteiger partial charge < -0.3 is 15.5 Å². The molecule has 0 bridgehead atoms. The van der Waals surface area contributed by atoms with Gasteiger partial charge in [-0.25, -0.2) is 0 Å². The van der Waals surface area contributed by atoms with Crippen LogP contribution in [0.15, 0.2) is 48.5 Å². The summed E-state index contributed by atoms with van der Waals surface area (Å²) in [5, 5.41) is 5.58. The first-order chi connectivity index (χ1) is 14.6. The normalized spacial score (nSPS) is 15.0. The molecule has 166 valence electrons. The largest absolute Gasteiger partial charge is 0.378 e. The van der Waals surface area contributed by atoms with Crippen LogP contribution in [0.2, 0.25) is 0 Å². The van der Waals surface area contributed by atoms with E-state index in [0.717, 1.165) is 30.8 Å². The Balaban J connectivity index is 1.78. The lowest BCUT2D eigenvalue weighted by atomic mass is 9.96. The van der Waals surface area contributed by atoms with Crippen LogP contribution in [0, 0.1) is 0 Å². The molecule has 2 N–H and O–H groups in total. The zero-order valence-electron chi connectivity index (χ0n) is 19.2. The van der Waals surface area contributed by atoms with Crippen LogP contribution in [0.3, 0.4) is 0 Å². The third-order valence-electron chi connectivity index (χ3n) is 5.55. The number of nitrogens with one attached hydrogen (secondary N) is 2. The summed E-state index contributed by atoms with van der Waals surface area (Å²) in [6.07, 6.45) is 0.973. The van der Waals surface area contributed by atoms with Crippen molar-refractivity contribution in [1.82, 2.24) is 15.5 Å². The highest BCUT2D eigenvalue weighted by molar-refractivity contribution is 6.35. The average molecular weight is 423 g/mol. The van der Waals surface area contributed by atoms with E-state index in [2.05, 4.69) is 69.0 Å². The fraction of sp³-hybridized carbons (Fsp3) is 0.440. The SMILES string of the molecule is CN(C)c1ccc([C@@H](CNC(=O)C(=O)NC(C)(C)C)N2CCc3ccccc3C2)cc1. The lowest BCUT2D eigenvalue weighted by Crippen LogP contribution is -2.49. The number of hydrogen-bond donors (Lipinski definition) is 2. The molecule has 2 aromatic carbocycles. The Morgan fingerprint density at radius 1 is 1.00 bits per heavy atom. The van der Waals surface area contributed by atoms with E-state index in [1.807, 2.05) is 34.9 Å². The van der Waals surface area contributed by atoms with E-state index < -0.39 is 17.4 Å². The minimum atomic E-state index is -0.599. The first-order valence-corrected chi connectivity index (χ1v) is 10.8. The van der Waals surface area contributed by atoms with Gasteiger partial charge >= 0.3 is 11.8 Å². The van der Waals surface area contributed by atoms with Gasteiger partial charge in [0.05, 0.1) is 6.04 Å². The number of benzene rings is 2. The maximum Gasteiger partial charge on any atom is 0.309 e. The van der Waals surface area contributed by atoms with E-state index in [0.29, 0.717) is 6.54 Å². The standard InChI is InChI=1S/C25H34N4O2/c1-25(2,3)27-24(31)23(30)26-16-22(19-10-12-21(13-11-19)28(4)5)29-15-14-18-8-6-7-9-20(18)17-29/h6-13,22H,14-17H2,1-5H3,(H,26,30)(H,27,31)/t22-/m1/s1. The molecule has 0 saturated heterocycles. The lowest BCUT2D eigenvalue weighted by molar-refractivity contribution is -0.140. The summed E-state index contributed by atoms with van der Waals surface area (Å²) in [5.74, 6) is -1.19. The molecule has 0 saturated carbocycles. The molecule has 31 heavy (non-hydrogen) atoms. The van der Waals surface area contributed by atoms with Gasteiger partial charge in [0, 0.05) is 45.0 Å². The molecule has 1 heterocycles. The molecule has 0 unspecified atom stereocenters. The Hall–Kier alpha value is -2.86. The van der Waals surface area contributed by atoms with Crippen molar-refractivity contribution in [2.75, 3.05) is 32.1 Å². The van der Waals surface area contributed by atoms with Crippen LogP contribution in [0.5, 0.6) is 0 Å². The molecular formula is C25H34N4O2. The Morgan fingerprint density at radius 3 is 2.26 bits per heavy atom. The molecule has 1 aliphatic rings. The molecule has 1 atom stereocenters. The summed E-state index contributed by atoms with van der Waals surface area (Å²) in [5.41, 5.74) is 4.50. The van der Waals surface area contributed by atoms with Crippen LogP contribution in [-0.2, 0) is 22.6 Å². The highest BCUT2D eigenvalue weighted by Gasteiger charge is 2.27. The number of anilines is 1. The van der Waals surface area contributed by atoms with Gasteiger partial charge in [-0.05, 0) is 56.0 Å². The summed E-state index contributed by atoms with van der Waals surface area (Å²) in [6.45, 7) is 7.68. The van der Waals surface area contributed by atoms with Crippen molar-refractivity contribution in [3.63, 3.8) is 0 Å². The maximum atomic E-state index is 12.4. The Morgan fingerprint density at radius 2 is 1.65 bits per heavy atom. The second-order valence-corrected chi connectivity index (χ2v) is 9.41. The second kappa shape index (κ2) is 9.52. The smallest absolute Gasteiger partial charge is 0.309 e. The molecule has 6 heteroatoms. The Labute approximate surface area is 185 Å². The van der Waals surface area contributed by atoms with E-state index in [1.54, 1.807) is 0 Å². The molecule has 3 rings (SSSR count). The van der Waals surface area contributed by atoms with Crippen molar-refractivity contribution in [3.05, 3.63) is 65.2 Å². The molecule has 0 spiro atoms. The number of hydrogen-bond acceptors (Lipinski definition) is 4. The van der Waals surface area contributed by atoms with Crippen molar-refractivity contribution in [2.24, 2.45) is 0 Å². The first-order valence-electron chi connectivity index (χ1n) is 10.8. The van der Waals surface area contributed by atoms with Crippen LogP contribution < -0.4 is 15.5 Å². The third-order valence-corrected chi connectivity index (χ3v) is 5.55. The van der Waals surface area contributed by atoms with E-state index in [1.165, 1.54) is 11.1 Å². The van der Waals surface area contributed by atoms with Gasteiger partial charge in [-0.2, -0.15) is 0 Å². The van der Waals surface area contributed by atoms with Gasteiger partial charge in [-0.15, -0.1) is 0 Å². The fourth-order valence-electron chi connectivity index (χ4n) is 3.90. The van der Waals surface area contributed by atoms with Gasteiger partial charge in [0.2, 0.25) is 0 Å². The maximum absolute atomic E-state index is 12.4. The monoisotopic (exact) mass is 422 g/mol. The topological polar surface area (TPSA) is 64.7 Å². The summed E-state index contributed by atoms with van der Waals surface area (Å²) < 4.78 is 0. The number of rotatable bonds is 5. The Bertz CT molecular complexity index is 916. The summed E-state index contributed by atoms with van der Waals surface area (Å²) in [6, 6.07) is 16.9. The third kappa shape index (κ3) is 6.07. The number of carbonyl (C=O) groups is 2. The molecule has 2 amide bonds. The first kappa shape index (κ1) is 22.8. The van der Waals surface area contributed by atoms with Crippen molar-refractivity contribution in [3.8, 4) is 0 Å². The fourth-order valence-corrected chi connectivity index (χ4v) is 3.90. The molecule has 0 aliphatic carbocycles. The van der Waals surface area contributed by atoms with Crippen molar-refractivity contribution in [2.45, 2.75) is 45.3 Å². The van der Waals surface area contributed by atoms with Crippen molar-refractivity contribution >= 4 is 17.5 Å². The summed E-state index contributed by atoms with van der Waals surface area (Å²) >= 11 is 0. The van der Waals surface area contributed by atoms with Gasteiger partial charge in [0.25, 0.3) is 0 Å². The average Bonchev–Trinajstić information content (AvgIpc) is 2.72.